The quantitative estimate of drug-likeness (QED) is 0.603. The minimum Gasteiger partial charge on any atom is -0.378 e. The van der Waals surface area contributed by atoms with E-state index in [4.69, 9.17) is 16.3 Å². The number of carbonyl (C=O) groups excluding carboxylic acids is 2. The van der Waals surface area contributed by atoms with Crippen LogP contribution in [0.2, 0.25) is 0 Å². The maximum absolute atomic E-state index is 12.7. The Morgan fingerprint density at radius 1 is 1.39 bits per heavy atom. The molecule has 1 aliphatic heterocycles. The van der Waals surface area contributed by atoms with Gasteiger partial charge in [0.1, 0.15) is 0 Å². The Morgan fingerprint density at radius 2 is 2.00 bits per heavy atom. The van der Waals surface area contributed by atoms with Crippen molar-refractivity contribution < 1.29 is 31.9 Å². The van der Waals surface area contributed by atoms with E-state index in [1.165, 1.54) is 0 Å². The third-order valence-corrected chi connectivity index (χ3v) is 2.78. The zero-order valence-electron chi connectivity index (χ0n) is 8.97. The molecule has 1 aliphatic rings. The fourth-order valence-corrected chi connectivity index (χ4v) is 1.67. The van der Waals surface area contributed by atoms with Gasteiger partial charge >= 0.3 is 12.3 Å². The molecule has 0 aliphatic carbocycles. The van der Waals surface area contributed by atoms with Gasteiger partial charge in [0.25, 0.3) is 5.91 Å². The van der Waals surface area contributed by atoms with Crippen LogP contribution in [0.15, 0.2) is 0 Å². The Labute approximate surface area is 105 Å². The van der Waals surface area contributed by atoms with Gasteiger partial charge in [-0.3, -0.25) is 9.59 Å². The smallest absolute Gasteiger partial charge is 0.378 e. The summed E-state index contributed by atoms with van der Waals surface area (Å²) >= 11 is 5.29. The number of hydrogen-bond acceptors (Lipinski definition) is 3. The first kappa shape index (κ1) is 15.2. The van der Waals surface area contributed by atoms with Gasteiger partial charge in [-0.2, -0.15) is 8.78 Å². The highest BCUT2D eigenvalue weighted by atomic mass is 35.5. The minimum atomic E-state index is -4.79. The van der Waals surface area contributed by atoms with Crippen LogP contribution < -0.4 is 5.32 Å². The molecule has 1 N–H and O–H groups in total. The van der Waals surface area contributed by atoms with Crippen molar-refractivity contribution in [3.63, 3.8) is 0 Å². The summed E-state index contributed by atoms with van der Waals surface area (Å²) in [7, 11) is 0. The second-order valence-electron chi connectivity index (χ2n) is 3.75. The molecule has 9 heteroatoms. The zero-order chi connectivity index (χ0) is 13.9. The van der Waals surface area contributed by atoms with Crippen LogP contribution in [0.3, 0.4) is 0 Å². The number of ketones is 1. The van der Waals surface area contributed by atoms with Crippen LogP contribution in [0.25, 0.3) is 0 Å². The van der Waals surface area contributed by atoms with Gasteiger partial charge in [-0.25, -0.2) is 8.78 Å². The van der Waals surface area contributed by atoms with Crippen molar-refractivity contribution in [2.75, 3.05) is 19.1 Å². The van der Waals surface area contributed by atoms with Crippen LogP contribution in [0.5, 0.6) is 0 Å². The zero-order valence-corrected chi connectivity index (χ0v) is 9.72. The van der Waals surface area contributed by atoms with E-state index in [0.29, 0.717) is 0 Å². The molecule has 0 spiro atoms. The molecule has 2 atom stereocenters. The molecule has 2 unspecified atom stereocenters. The number of ether oxygens (including phenoxy) is 1. The van der Waals surface area contributed by atoms with Crippen molar-refractivity contribution >= 4 is 23.3 Å². The van der Waals surface area contributed by atoms with Gasteiger partial charge in [0.2, 0.25) is 0 Å². The second-order valence-corrected chi connectivity index (χ2v) is 4.01. The molecule has 104 valence electrons. The molecule has 0 bridgehead atoms. The van der Waals surface area contributed by atoms with Gasteiger partial charge in [-0.15, -0.1) is 11.6 Å². The van der Waals surface area contributed by atoms with E-state index in [1.54, 1.807) is 5.32 Å². The number of Topliss-reactive ketones (excluding diaryl/α,β-unsaturated/α-hetero) is 1. The standard InChI is InChI=1S/C9H10ClF4NO3/c10-1-6(16)4-2-18-3-5(4)15-8(17)9(13,14)7(11)12/h4-5,7H,1-3H2,(H,15,17). The van der Waals surface area contributed by atoms with E-state index in [9.17, 15) is 27.2 Å². The molecule has 0 radical (unpaired) electrons. The summed E-state index contributed by atoms with van der Waals surface area (Å²) in [5, 5.41) is 1.69. The summed E-state index contributed by atoms with van der Waals surface area (Å²) in [4.78, 5) is 22.3. The van der Waals surface area contributed by atoms with E-state index in [-0.39, 0.29) is 19.1 Å². The minimum absolute atomic E-state index is 0.0866. The molecule has 0 saturated carbocycles. The molecule has 18 heavy (non-hydrogen) atoms. The first-order chi connectivity index (χ1) is 8.30. The topological polar surface area (TPSA) is 55.4 Å². The molecule has 1 fully saturated rings. The summed E-state index contributed by atoms with van der Waals surface area (Å²) in [5.74, 6) is -8.68. The lowest BCUT2D eigenvalue weighted by Crippen LogP contribution is -2.52. The summed E-state index contributed by atoms with van der Waals surface area (Å²) in [6.07, 6.45) is -4.11. The molecule has 4 nitrogen and oxygen atoms in total. The number of rotatable bonds is 5. The van der Waals surface area contributed by atoms with Gasteiger partial charge in [-0.05, 0) is 0 Å². The number of alkyl halides is 5. The number of amides is 1. The predicted octanol–water partition coefficient (Wildman–Crippen LogP) is 0.826. The predicted molar refractivity (Wildman–Crippen MR) is 52.9 cm³/mol. The molecule has 1 rings (SSSR count). The summed E-state index contributed by atoms with van der Waals surface area (Å²) in [6.45, 7) is -0.283. The van der Waals surface area contributed by atoms with E-state index < -0.39 is 36.0 Å². The van der Waals surface area contributed by atoms with Crippen molar-refractivity contribution in [1.29, 1.82) is 0 Å². The number of nitrogens with one attached hydrogen (secondary N) is 1. The van der Waals surface area contributed by atoms with E-state index in [1.807, 2.05) is 0 Å². The molecular formula is C9H10ClF4NO3. The van der Waals surface area contributed by atoms with E-state index in [2.05, 4.69) is 0 Å². The second kappa shape index (κ2) is 5.83. The molecule has 1 saturated heterocycles. The van der Waals surface area contributed by atoms with Crippen molar-refractivity contribution in [2.45, 2.75) is 18.4 Å². The van der Waals surface area contributed by atoms with Crippen LogP contribution in [0.4, 0.5) is 17.6 Å². The Morgan fingerprint density at radius 3 is 2.50 bits per heavy atom. The molecule has 1 amide bonds. The Hall–Kier alpha value is -0.890. The summed E-state index contributed by atoms with van der Waals surface area (Å²) in [6, 6.07) is -1.06. The molecule has 0 aromatic heterocycles. The van der Waals surface area contributed by atoms with Gasteiger partial charge in [-0.1, -0.05) is 0 Å². The van der Waals surface area contributed by atoms with Crippen molar-refractivity contribution in [3.8, 4) is 0 Å². The Bertz CT molecular complexity index is 340. The highest BCUT2D eigenvalue weighted by Crippen LogP contribution is 2.24. The van der Waals surface area contributed by atoms with Crippen LogP contribution in [-0.4, -0.2) is 49.2 Å². The van der Waals surface area contributed by atoms with E-state index >= 15 is 0 Å². The van der Waals surface area contributed by atoms with Crippen molar-refractivity contribution in [2.24, 2.45) is 5.92 Å². The average Bonchev–Trinajstić information content (AvgIpc) is 2.75. The van der Waals surface area contributed by atoms with Crippen molar-refractivity contribution in [3.05, 3.63) is 0 Å². The van der Waals surface area contributed by atoms with Crippen molar-refractivity contribution in [1.82, 2.24) is 5.32 Å². The first-order valence-electron chi connectivity index (χ1n) is 4.94. The third-order valence-electron chi connectivity index (χ3n) is 2.52. The highest BCUT2D eigenvalue weighted by Gasteiger charge is 2.50. The number of halogens is 5. The summed E-state index contributed by atoms with van der Waals surface area (Å²) < 4.78 is 54.1. The maximum atomic E-state index is 12.7. The summed E-state index contributed by atoms with van der Waals surface area (Å²) in [5.41, 5.74) is 0. The molecule has 0 aromatic rings. The first-order valence-corrected chi connectivity index (χ1v) is 5.47. The van der Waals surface area contributed by atoms with Gasteiger partial charge in [0, 0.05) is 0 Å². The normalized spacial score (nSPS) is 24.3. The SMILES string of the molecule is O=C(CCl)C1COCC1NC(=O)C(F)(F)C(F)F. The van der Waals surface area contributed by atoms with Crippen LogP contribution >= 0.6 is 11.6 Å². The maximum Gasteiger partial charge on any atom is 0.383 e. The van der Waals surface area contributed by atoms with Crippen LogP contribution in [0, 0.1) is 5.92 Å². The lowest BCUT2D eigenvalue weighted by Gasteiger charge is -2.21. The largest absolute Gasteiger partial charge is 0.383 e. The average molecular weight is 292 g/mol. The van der Waals surface area contributed by atoms with Gasteiger partial charge in [0.05, 0.1) is 31.1 Å². The van der Waals surface area contributed by atoms with E-state index in [0.717, 1.165) is 0 Å². The fourth-order valence-electron chi connectivity index (χ4n) is 1.48. The number of carbonyl (C=O) groups is 2. The van der Waals surface area contributed by atoms with Gasteiger partial charge in [0.15, 0.2) is 5.78 Å². The van der Waals surface area contributed by atoms with Gasteiger partial charge < -0.3 is 10.1 Å². The molecular weight excluding hydrogens is 282 g/mol. The lowest BCUT2D eigenvalue weighted by molar-refractivity contribution is -0.170. The highest BCUT2D eigenvalue weighted by molar-refractivity contribution is 6.28. The Kier molecular flexibility index (Phi) is 4.92. The molecule has 1 heterocycles. The third kappa shape index (κ3) is 3.11. The molecule has 0 aromatic carbocycles. The number of hydrogen-bond donors (Lipinski definition) is 1. The lowest BCUT2D eigenvalue weighted by atomic mass is 9.99. The monoisotopic (exact) mass is 291 g/mol. The fraction of sp³-hybridized carbons (Fsp3) is 0.778. The van der Waals surface area contributed by atoms with Crippen LogP contribution in [0.1, 0.15) is 0 Å². The van der Waals surface area contributed by atoms with Crippen LogP contribution in [-0.2, 0) is 14.3 Å². The Balaban J connectivity index is 2.67.